The molecule has 0 aromatic carbocycles. The van der Waals surface area contributed by atoms with E-state index in [1.54, 1.807) is 30.5 Å². The fourth-order valence-corrected chi connectivity index (χ4v) is 0.843. The largest absolute Gasteiger partial charge is 0.465 e. The summed E-state index contributed by atoms with van der Waals surface area (Å²) in [6.45, 7) is 0. The van der Waals surface area contributed by atoms with E-state index in [1.165, 1.54) is 12.2 Å². The second kappa shape index (κ2) is 5.43. The van der Waals surface area contributed by atoms with Gasteiger partial charge in [-0.25, -0.2) is 4.79 Å². The highest BCUT2D eigenvalue weighted by Crippen LogP contribution is 2.01. The minimum absolute atomic E-state index is 0.563. The molecule has 3 amide bonds. The third kappa shape index (κ3) is 4.47. The molecule has 0 aliphatic heterocycles. The first-order valence-corrected chi connectivity index (χ1v) is 4.17. The zero-order chi connectivity index (χ0) is 11.1. The first kappa shape index (κ1) is 10.8. The molecular weight excluding hydrogens is 196 g/mol. The van der Waals surface area contributed by atoms with Crippen molar-refractivity contribution in [1.82, 2.24) is 5.32 Å². The number of allylic oxidation sites excluding steroid dienone is 2. The molecule has 0 radical (unpaired) electrons. The zero-order valence-electron chi connectivity index (χ0n) is 7.84. The Bertz CT molecular complexity index is 391. The minimum atomic E-state index is -0.875. The Kier molecular flexibility index (Phi) is 3.91. The second-order valence-electron chi connectivity index (χ2n) is 2.59. The van der Waals surface area contributed by atoms with Gasteiger partial charge in [-0.15, -0.1) is 0 Å². The highest BCUT2D eigenvalue weighted by Gasteiger charge is 1.96. The Morgan fingerprint density at radius 2 is 2.20 bits per heavy atom. The molecule has 0 spiro atoms. The highest BCUT2D eigenvalue weighted by atomic mass is 16.3. The van der Waals surface area contributed by atoms with Crippen molar-refractivity contribution in [2.75, 3.05) is 0 Å². The van der Waals surface area contributed by atoms with Gasteiger partial charge in [-0.2, -0.15) is 0 Å². The van der Waals surface area contributed by atoms with Crippen molar-refractivity contribution in [1.29, 1.82) is 0 Å². The van der Waals surface area contributed by atoms with E-state index in [1.807, 2.05) is 5.32 Å². The highest BCUT2D eigenvalue weighted by molar-refractivity contribution is 5.99. The molecule has 0 aliphatic carbocycles. The Hall–Kier alpha value is -2.30. The summed E-state index contributed by atoms with van der Waals surface area (Å²) in [5.74, 6) is 0.113. The monoisotopic (exact) mass is 206 g/mol. The zero-order valence-corrected chi connectivity index (χ0v) is 7.84. The Balaban J connectivity index is 2.39. The van der Waals surface area contributed by atoms with Crippen molar-refractivity contribution in [2.45, 2.75) is 0 Å². The summed E-state index contributed by atoms with van der Waals surface area (Å²) < 4.78 is 5.01. The van der Waals surface area contributed by atoms with Crippen LogP contribution in [0, 0.1) is 0 Å². The normalized spacial score (nSPS) is 10.9. The molecule has 1 heterocycles. The lowest BCUT2D eigenvalue weighted by Gasteiger charge is -1.91. The van der Waals surface area contributed by atoms with E-state index < -0.39 is 11.9 Å². The molecule has 15 heavy (non-hydrogen) atoms. The lowest BCUT2D eigenvalue weighted by molar-refractivity contribution is -0.115. The first-order valence-electron chi connectivity index (χ1n) is 4.17. The lowest BCUT2D eigenvalue weighted by atomic mass is 10.3. The Labute approximate surface area is 86.2 Å². The molecule has 0 bridgehead atoms. The van der Waals surface area contributed by atoms with Crippen molar-refractivity contribution >= 4 is 18.0 Å². The number of rotatable bonds is 3. The van der Waals surface area contributed by atoms with Gasteiger partial charge >= 0.3 is 6.03 Å². The molecule has 0 atom stereocenters. The van der Waals surface area contributed by atoms with E-state index in [-0.39, 0.29) is 0 Å². The predicted octanol–water partition coefficient (Wildman–Crippen LogP) is 1.04. The summed E-state index contributed by atoms with van der Waals surface area (Å²) in [5.41, 5.74) is 4.74. The summed E-state index contributed by atoms with van der Waals surface area (Å²) in [6.07, 6.45) is 7.49. The van der Waals surface area contributed by atoms with E-state index in [0.29, 0.717) is 5.76 Å². The standard InChI is InChI=1S/C10H10N2O3/c11-10(14)12-9(13)6-2-1-4-8-5-3-7-15-8/h1-7H,(H3,11,12,13,14). The average molecular weight is 206 g/mol. The molecular formula is C10H10N2O3. The van der Waals surface area contributed by atoms with Gasteiger partial charge in [0.25, 0.3) is 5.91 Å². The summed E-state index contributed by atoms with van der Waals surface area (Å²) >= 11 is 0. The summed E-state index contributed by atoms with van der Waals surface area (Å²) in [5, 5.41) is 1.89. The van der Waals surface area contributed by atoms with Gasteiger partial charge in [0.1, 0.15) is 5.76 Å². The third-order valence-electron chi connectivity index (χ3n) is 1.41. The molecule has 78 valence electrons. The van der Waals surface area contributed by atoms with Crippen LogP contribution in [-0.4, -0.2) is 11.9 Å². The summed E-state index contributed by atoms with van der Waals surface area (Å²) in [6, 6.07) is 2.65. The van der Waals surface area contributed by atoms with E-state index >= 15 is 0 Å². The topological polar surface area (TPSA) is 85.3 Å². The molecule has 0 unspecified atom stereocenters. The number of carbonyl (C=O) groups excluding carboxylic acids is 2. The van der Waals surface area contributed by atoms with Crippen molar-refractivity contribution in [3.8, 4) is 0 Å². The van der Waals surface area contributed by atoms with Crippen LogP contribution in [-0.2, 0) is 4.79 Å². The van der Waals surface area contributed by atoms with Crippen LogP contribution < -0.4 is 11.1 Å². The summed E-state index contributed by atoms with van der Waals surface area (Å²) in [4.78, 5) is 21.1. The van der Waals surface area contributed by atoms with Gasteiger partial charge in [0.05, 0.1) is 6.26 Å². The number of amides is 3. The maximum atomic E-state index is 10.9. The van der Waals surface area contributed by atoms with Crippen molar-refractivity contribution in [2.24, 2.45) is 5.73 Å². The van der Waals surface area contributed by atoms with E-state index in [0.717, 1.165) is 0 Å². The minimum Gasteiger partial charge on any atom is -0.465 e. The Morgan fingerprint density at radius 1 is 1.40 bits per heavy atom. The van der Waals surface area contributed by atoms with Crippen LogP contribution in [0.2, 0.25) is 0 Å². The smallest absolute Gasteiger partial charge is 0.319 e. The maximum absolute atomic E-state index is 10.9. The lowest BCUT2D eigenvalue weighted by Crippen LogP contribution is -2.33. The van der Waals surface area contributed by atoms with E-state index in [2.05, 4.69) is 0 Å². The maximum Gasteiger partial charge on any atom is 0.319 e. The number of imide groups is 1. The molecule has 0 saturated heterocycles. The third-order valence-corrected chi connectivity index (χ3v) is 1.41. The number of hydrogen-bond acceptors (Lipinski definition) is 3. The van der Waals surface area contributed by atoms with Crippen LogP contribution in [0.5, 0.6) is 0 Å². The molecule has 0 fully saturated rings. The summed E-state index contributed by atoms with van der Waals surface area (Å²) in [7, 11) is 0. The van der Waals surface area contributed by atoms with Crippen LogP contribution in [0.15, 0.2) is 41.0 Å². The van der Waals surface area contributed by atoms with Crippen LogP contribution >= 0.6 is 0 Å². The van der Waals surface area contributed by atoms with Crippen LogP contribution in [0.1, 0.15) is 5.76 Å². The molecule has 0 saturated carbocycles. The predicted molar refractivity (Wildman–Crippen MR) is 54.6 cm³/mol. The van der Waals surface area contributed by atoms with Gasteiger partial charge in [0.15, 0.2) is 0 Å². The van der Waals surface area contributed by atoms with E-state index in [4.69, 9.17) is 10.2 Å². The van der Waals surface area contributed by atoms with Gasteiger partial charge in [-0.05, 0) is 18.2 Å². The van der Waals surface area contributed by atoms with Crippen molar-refractivity contribution in [3.05, 3.63) is 42.4 Å². The van der Waals surface area contributed by atoms with Crippen molar-refractivity contribution in [3.63, 3.8) is 0 Å². The van der Waals surface area contributed by atoms with E-state index in [9.17, 15) is 9.59 Å². The molecule has 1 aromatic heterocycles. The molecule has 3 N–H and O–H groups in total. The first-order chi connectivity index (χ1) is 7.18. The van der Waals surface area contributed by atoms with Crippen LogP contribution in [0.4, 0.5) is 4.79 Å². The molecule has 1 rings (SSSR count). The van der Waals surface area contributed by atoms with Crippen molar-refractivity contribution < 1.29 is 14.0 Å². The molecule has 0 aliphatic rings. The fraction of sp³-hybridized carbons (Fsp3) is 0. The number of primary amides is 1. The number of urea groups is 1. The van der Waals surface area contributed by atoms with Gasteiger partial charge in [-0.1, -0.05) is 12.2 Å². The number of hydrogen-bond donors (Lipinski definition) is 2. The average Bonchev–Trinajstić information content (AvgIpc) is 2.63. The second-order valence-corrected chi connectivity index (χ2v) is 2.59. The van der Waals surface area contributed by atoms with Crippen LogP contribution in [0.3, 0.4) is 0 Å². The van der Waals surface area contributed by atoms with Crippen LogP contribution in [0.25, 0.3) is 6.08 Å². The molecule has 5 heteroatoms. The van der Waals surface area contributed by atoms with Gasteiger partial charge in [0.2, 0.25) is 0 Å². The molecule has 1 aromatic rings. The number of nitrogens with two attached hydrogens (primary N) is 1. The SMILES string of the molecule is NC(=O)NC(=O)C=CC=Cc1ccco1. The number of carbonyl (C=O) groups is 2. The van der Waals surface area contributed by atoms with Gasteiger partial charge in [-0.3, -0.25) is 10.1 Å². The van der Waals surface area contributed by atoms with Gasteiger partial charge < -0.3 is 10.2 Å². The fourth-order valence-electron chi connectivity index (χ4n) is 0.843. The van der Waals surface area contributed by atoms with Gasteiger partial charge in [0, 0.05) is 6.08 Å². The Morgan fingerprint density at radius 3 is 2.80 bits per heavy atom. The number of nitrogens with one attached hydrogen (secondary N) is 1. The number of furan rings is 1. The molecule has 5 nitrogen and oxygen atoms in total. The quantitative estimate of drug-likeness (QED) is 0.572.